The van der Waals surface area contributed by atoms with Crippen LogP contribution in [0.3, 0.4) is 0 Å². The lowest BCUT2D eigenvalue weighted by molar-refractivity contribution is 0.389. The summed E-state index contributed by atoms with van der Waals surface area (Å²) in [6.45, 7) is 4.85. The van der Waals surface area contributed by atoms with Crippen molar-refractivity contribution < 1.29 is 4.52 Å². The van der Waals surface area contributed by atoms with Gasteiger partial charge in [0.15, 0.2) is 0 Å². The Bertz CT molecular complexity index is 468. The number of rotatable bonds is 5. The number of hydrogen-bond acceptors (Lipinski definition) is 3. The Morgan fingerprint density at radius 1 is 1.53 bits per heavy atom. The zero-order chi connectivity index (χ0) is 12.3. The average Bonchev–Trinajstić information content (AvgIpc) is 2.91. The molecular formula is C13H19N3O. The van der Waals surface area contributed by atoms with E-state index in [0.29, 0.717) is 6.04 Å². The fourth-order valence-corrected chi connectivity index (χ4v) is 2.05. The Balaban J connectivity index is 2.08. The van der Waals surface area contributed by atoms with Gasteiger partial charge >= 0.3 is 0 Å². The molecular weight excluding hydrogens is 214 g/mol. The van der Waals surface area contributed by atoms with E-state index < -0.39 is 0 Å². The molecule has 0 radical (unpaired) electrons. The highest BCUT2D eigenvalue weighted by Gasteiger charge is 2.08. The number of aromatic nitrogens is 2. The molecule has 4 heteroatoms. The Hall–Kier alpha value is -1.55. The summed E-state index contributed by atoms with van der Waals surface area (Å²) in [5.74, 6) is 0.856. The molecule has 2 heterocycles. The smallest absolute Gasteiger partial charge is 0.133 e. The Morgan fingerprint density at radius 3 is 2.94 bits per heavy atom. The van der Waals surface area contributed by atoms with Gasteiger partial charge in [0.05, 0.1) is 6.54 Å². The first-order valence-electron chi connectivity index (χ1n) is 5.98. The van der Waals surface area contributed by atoms with Crippen molar-refractivity contribution in [2.75, 3.05) is 7.05 Å². The summed E-state index contributed by atoms with van der Waals surface area (Å²) < 4.78 is 7.19. The summed E-state index contributed by atoms with van der Waals surface area (Å²) >= 11 is 0. The van der Waals surface area contributed by atoms with Crippen molar-refractivity contribution in [1.82, 2.24) is 15.0 Å². The molecule has 2 aromatic rings. The molecule has 1 unspecified atom stereocenters. The monoisotopic (exact) mass is 233 g/mol. The van der Waals surface area contributed by atoms with Gasteiger partial charge in [-0.2, -0.15) is 0 Å². The van der Waals surface area contributed by atoms with Crippen LogP contribution >= 0.6 is 0 Å². The van der Waals surface area contributed by atoms with Gasteiger partial charge in [-0.1, -0.05) is 12.1 Å². The highest BCUT2D eigenvalue weighted by molar-refractivity contribution is 5.16. The molecule has 0 saturated heterocycles. The molecule has 0 aromatic carbocycles. The summed E-state index contributed by atoms with van der Waals surface area (Å²) in [6.07, 6.45) is 5.33. The van der Waals surface area contributed by atoms with Crippen LogP contribution in [-0.2, 0) is 6.54 Å². The second kappa shape index (κ2) is 5.19. The molecule has 0 saturated carbocycles. The average molecular weight is 233 g/mol. The summed E-state index contributed by atoms with van der Waals surface area (Å²) in [4.78, 5) is 0. The fourth-order valence-electron chi connectivity index (χ4n) is 2.05. The quantitative estimate of drug-likeness (QED) is 0.862. The molecule has 4 nitrogen and oxygen atoms in total. The molecule has 0 bridgehead atoms. The van der Waals surface area contributed by atoms with Crippen LogP contribution in [0.2, 0.25) is 0 Å². The van der Waals surface area contributed by atoms with Crippen LogP contribution in [-0.4, -0.2) is 16.8 Å². The van der Waals surface area contributed by atoms with Gasteiger partial charge in [-0.15, -0.1) is 0 Å². The second-order valence-corrected chi connectivity index (χ2v) is 4.30. The first-order valence-corrected chi connectivity index (χ1v) is 5.98. The van der Waals surface area contributed by atoms with E-state index in [4.69, 9.17) is 4.52 Å². The number of nitrogens with one attached hydrogen (secondary N) is 1. The lowest BCUT2D eigenvalue weighted by Crippen LogP contribution is -2.14. The summed E-state index contributed by atoms with van der Waals surface area (Å²) in [7, 11) is 1.99. The van der Waals surface area contributed by atoms with Crippen LogP contribution in [0.1, 0.15) is 36.4 Å². The number of aryl methyl sites for hydroxylation is 1. The van der Waals surface area contributed by atoms with Crippen molar-refractivity contribution in [2.24, 2.45) is 0 Å². The second-order valence-electron chi connectivity index (χ2n) is 4.30. The third-order valence-corrected chi connectivity index (χ3v) is 2.95. The van der Waals surface area contributed by atoms with E-state index in [2.05, 4.69) is 40.4 Å². The lowest BCUT2D eigenvalue weighted by atomic mass is 10.1. The van der Waals surface area contributed by atoms with Crippen molar-refractivity contribution in [3.8, 4) is 0 Å². The van der Waals surface area contributed by atoms with Gasteiger partial charge in [-0.25, -0.2) is 0 Å². The summed E-state index contributed by atoms with van der Waals surface area (Å²) in [5.41, 5.74) is 2.28. The Labute approximate surface area is 102 Å². The molecule has 0 spiro atoms. The van der Waals surface area contributed by atoms with Crippen molar-refractivity contribution in [3.05, 3.63) is 41.5 Å². The highest BCUT2D eigenvalue weighted by atomic mass is 16.5. The first-order chi connectivity index (χ1) is 8.22. The van der Waals surface area contributed by atoms with Crippen LogP contribution in [0, 0.1) is 6.92 Å². The van der Waals surface area contributed by atoms with E-state index in [-0.39, 0.29) is 0 Å². The van der Waals surface area contributed by atoms with Crippen molar-refractivity contribution in [2.45, 2.75) is 32.9 Å². The molecule has 0 amide bonds. The van der Waals surface area contributed by atoms with Gasteiger partial charge in [0.25, 0.3) is 0 Å². The maximum Gasteiger partial charge on any atom is 0.133 e. The van der Waals surface area contributed by atoms with Gasteiger partial charge < -0.3 is 14.4 Å². The van der Waals surface area contributed by atoms with E-state index in [1.54, 1.807) is 0 Å². The minimum atomic E-state index is 0.426. The Kier molecular flexibility index (Phi) is 3.64. The molecule has 2 aromatic heterocycles. The molecule has 1 atom stereocenters. The number of nitrogens with zero attached hydrogens (tertiary/aromatic N) is 2. The van der Waals surface area contributed by atoms with Gasteiger partial charge in [0, 0.05) is 24.5 Å². The predicted molar refractivity (Wildman–Crippen MR) is 66.9 cm³/mol. The molecule has 0 aliphatic rings. The van der Waals surface area contributed by atoms with Gasteiger partial charge in [-0.3, -0.25) is 0 Å². The van der Waals surface area contributed by atoms with Gasteiger partial charge in [0.1, 0.15) is 11.5 Å². The summed E-state index contributed by atoms with van der Waals surface area (Å²) in [5, 5.41) is 7.30. The van der Waals surface area contributed by atoms with Gasteiger partial charge in [-0.05, 0) is 32.0 Å². The van der Waals surface area contributed by atoms with E-state index in [1.165, 1.54) is 5.56 Å². The maximum absolute atomic E-state index is 5.06. The molecule has 0 aliphatic heterocycles. The molecule has 0 aliphatic carbocycles. The SMILES string of the molecule is CCC(NC)c1ccn(Cc2cc(C)on2)c1. The van der Waals surface area contributed by atoms with E-state index in [9.17, 15) is 0 Å². The molecule has 0 fully saturated rings. The van der Waals surface area contributed by atoms with Crippen LogP contribution in [0.25, 0.3) is 0 Å². The van der Waals surface area contributed by atoms with E-state index >= 15 is 0 Å². The normalized spacial score (nSPS) is 12.9. The van der Waals surface area contributed by atoms with Crippen LogP contribution in [0.5, 0.6) is 0 Å². The van der Waals surface area contributed by atoms with Gasteiger partial charge in [0.2, 0.25) is 0 Å². The molecule has 1 N–H and O–H groups in total. The highest BCUT2D eigenvalue weighted by Crippen LogP contribution is 2.17. The van der Waals surface area contributed by atoms with E-state index in [0.717, 1.165) is 24.4 Å². The van der Waals surface area contributed by atoms with Crippen molar-refractivity contribution in [1.29, 1.82) is 0 Å². The Morgan fingerprint density at radius 2 is 2.35 bits per heavy atom. The van der Waals surface area contributed by atoms with Crippen molar-refractivity contribution in [3.63, 3.8) is 0 Å². The number of hydrogen-bond donors (Lipinski definition) is 1. The van der Waals surface area contributed by atoms with Crippen molar-refractivity contribution >= 4 is 0 Å². The standard InChI is InChI=1S/C13H19N3O/c1-4-13(14-3)11-5-6-16(8-11)9-12-7-10(2)17-15-12/h5-8,13-14H,4,9H2,1-3H3. The molecule has 2 rings (SSSR count). The summed E-state index contributed by atoms with van der Waals surface area (Å²) in [6, 6.07) is 4.54. The van der Waals surface area contributed by atoms with E-state index in [1.807, 2.05) is 20.0 Å². The molecule has 92 valence electrons. The van der Waals surface area contributed by atoms with Crippen LogP contribution in [0.4, 0.5) is 0 Å². The third kappa shape index (κ3) is 2.77. The predicted octanol–water partition coefficient (Wildman–Crippen LogP) is 2.50. The minimum Gasteiger partial charge on any atom is -0.361 e. The van der Waals surface area contributed by atoms with Crippen LogP contribution < -0.4 is 5.32 Å². The molecule has 17 heavy (non-hydrogen) atoms. The zero-order valence-corrected chi connectivity index (χ0v) is 10.6. The zero-order valence-electron chi connectivity index (χ0n) is 10.6. The minimum absolute atomic E-state index is 0.426. The topological polar surface area (TPSA) is 43.0 Å². The largest absolute Gasteiger partial charge is 0.361 e. The third-order valence-electron chi connectivity index (χ3n) is 2.95. The maximum atomic E-state index is 5.06. The van der Waals surface area contributed by atoms with Crippen LogP contribution in [0.15, 0.2) is 29.0 Å². The lowest BCUT2D eigenvalue weighted by Gasteiger charge is -2.11. The fraction of sp³-hybridized carbons (Fsp3) is 0.462. The first kappa shape index (κ1) is 11.9.